The van der Waals surface area contributed by atoms with Crippen LogP contribution in [0, 0.1) is 20.2 Å². The van der Waals surface area contributed by atoms with Gasteiger partial charge >= 0.3 is 0 Å². The normalized spacial score (nSPS) is 11.8. The molecule has 0 aromatic heterocycles. The molecule has 0 saturated heterocycles. The molecule has 6 rings (SSSR count). The number of hydrazone groups is 2. The van der Waals surface area contributed by atoms with E-state index in [0.29, 0.717) is 45.4 Å². The molecule has 16 nitrogen and oxygen atoms in total. The Morgan fingerprint density at radius 2 is 0.893 bits per heavy atom. The third-order valence-electron chi connectivity index (χ3n) is 8.00. The Bertz CT molecular complexity index is 2270. The fourth-order valence-electron chi connectivity index (χ4n) is 5.10. The molecule has 0 radical (unpaired) electrons. The van der Waals surface area contributed by atoms with Gasteiger partial charge in [0.05, 0.1) is 35.4 Å². The van der Waals surface area contributed by atoms with Crippen LogP contribution in [0.3, 0.4) is 0 Å². The highest BCUT2D eigenvalue weighted by atomic mass is 16.6. The number of anilines is 2. The van der Waals surface area contributed by atoms with Gasteiger partial charge in [0.15, 0.2) is 0 Å². The summed E-state index contributed by atoms with van der Waals surface area (Å²) in [6, 6.07) is 41.1. The van der Waals surface area contributed by atoms with Crippen LogP contribution in [0.1, 0.15) is 11.1 Å². The second-order valence-corrected chi connectivity index (χ2v) is 11.6. The SMILES string of the molecule is COc1cc(-c2ccc(N=NC(=NNc3ccc([N+](=O)[O-])cc3)c3ccccc3)c(OC)c2)ccc1N=NC(=NNc1ccc([N+](=O)[O-])cc1)c1ccccc1. The minimum absolute atomic E-state index is 0.0337. The van der Waals surface area contributed by atoms with E-state index in [-0.39, 0.29) is 23.0 Å². The molecule has 0 aliphatic heterocycles. The topological polar surface area (TPSA) is 203 Å². The van der Waals surface area contributed by atoms with Crippen LogP contribution in [0.5, 0.6) is 11.5 Å². The lowest BCUT2D eigenvalue weighted by atomic mass is 10.0. The van der Waals surface area contributed by atoms with Crippen LogP contribution in [0.15, 0.2) is 176 Å². The standard InChI is InChI=1S/C40H32N10O6/c1-55-37-25-29(13-23-35(37)43-47-39(27-9-5-3-6-10-27)45-41-31-15-19-33(20-16-31)49(51)52)30-14-24-36(38(26-30)56-2)44-48-40(28-11-7-4-8-12-28)46-42-32-17-21-34(22-18-32)50(53)54/h3-26,41-42H,1-2H3. The van der Waals surface area contributed by atoms with Crippen LogP contribution in [-0.2, 0) is 0 Å². The fraction of sp³-hybridized carbons (Fsp3) is 0.0500. The molecule has 6 aromatic carbocycles. The van der Waals surface area contributed by atoms with Gasteiger partial charge in [-0.3, -0.25) is 31.1 Å². The summed E-state index contributed by atoms with van der Waals surface area (Å²) in [5.41, 5.74) is 10.7. The van der Waals surface area contributed by atoms with Crippen molar-refractivity contribution in [3.8, 4) is 22.6 Å². The van der Waals surface area contributed by atoms with Gasteiger partial charge in [0, 0.05) is 35.4 Å². The third kappa shape index (κ3) is 9.64. The first kappa shape index (κ1) is 37.6. The van der Waals surface area contributed by atoms with Gasteiger partial charge in [0.1, 0.15) is 22.9 Å². The number of hydrogen-bond acceptors (Lipinski definition) is 12. The number of ether oxygens (including phenoxy) is 2. The Balaban J connectivity index is 1.23. The number of nitro benzene ring substituents is 2. The Kier molecular flexibility index (Phi) is 12.1. The monoisotopic (exact) mass is 748 g/mol. The summed E-state index contributed by atoms with van der Waals surface area (Å²) in [7, 11) is 3.07. The highest BCUT2D eigenvalue weighted by molar-refractivity contribution is 6.00. The highest BCUT2D eigenvalue weighted by Gasteiger charge is 2.12. The average molecular weight is 749 g/mol. The molecular formula is C40H32N10O6. The van der Waals surface area contributed by atoms with E-state index in [1.54, 1.807) is 36.4 Å². The van der Waals surface area contributed by atoms with Crippen molar-refractivity contribution in [2.75, 3.05) is 25.1 Å². The summed E-state index contributed by atoms with van der Waals surface area (Å²) >= 11 is 0. The Morgan fingerprint density at radius 1 is 0.518 bits per heavy atom. The van der Waals surface area contributed by atoms with Crippen LogP contribution in [0.2, 0.25) is 0 Å². The second kappa shape index (κ2) is 18.1. The molecule has 56 heavy (non-hydrogen) atoms. The van der Waals surface area contributed by atoms with Crippen LogP contribution in [0.25, 0.3) is 11.1 Å². The van der Waals surface area contributed by atoms with Gasteiger partial charge in [-0.15, -0.1) is 20.5 Å². The zero-order valence-electron chi connectivity index (χ0n) is 29.9. The molecular weight excluding hydrogens is 717 g/mol. The predicted molar refractivity (Wildman–Crippen MR) is 213 cm³/mol. The molecule has 16 heteroatoms. The van der Waals surface area contributed by atoms with E-state index in [1.165, 1.54) is 38.5 Å². The molecule has 0 spiro atoms. The number of benzene rings is 6. The first-order valence-corrected chi connectivity index (χ1v) is 16.8. The van der Waals surface area contributed by atoms with E-state index in [4.69, 9.17) is 9.47 Å². The maximum Gasteiger partial charge on any atom is 0.269 e. The maximum absolute atomic E-state index is 11.0. The number of non-ortho nitro benzene ring substituents is 2. The third-order valence-corrected chi connectivity index (χ3v) is 8.00. The zero-order valence-corrected chi connectivity index (χ0v) is 29.9. The van der Waals surface area contributed by atoms with E-state index < -0.39 is 9.85 Å². The number of nitrogens with one attached hydrogen (secondary N) is 2. The van der Waals surface area contributed by atoms with Crippen molar-refractivity contribution in [2.45, 2.75) is 0 Å². The first-order valence-electron chi connectivity index (χ1n) is 16.8. The average Bonchev–Trinajstić information content (AvgIpc) is 3.24. The largest absolute Gasteiger partial charge is 0.494 e. The van der Waals surface area contributed by atoms with Gasteiger partial charge in [-0.25, -0.2) is 0 Å². The molecule has 0 unspecified atom stereocenters. The number of nitro groups is 2. The van der Waals surface area contributed by atoms with Gasteiger partial charge < -0.3 is 9.47 Å². The number of methoxy groups -OCH3 is 2. The lowest BCUT2D eigenvalue weighted by Gasteiger charge is -2.10. The van der Waals surface area contributed by atoms with Gasteiger partial charge in [-0.2, -0.15) is 10.2 Å². The van der Waals surface area contributed by atoms with E-state index >= 15 is 0 Å². The summed E-state index contributed by atoms with van der Waals surface area (Å²) < 4.78 is 11.4. The summed E-state index contributed by atoms with van der Waals surface area (Å²) in [5.74, 6) is 1.45. The second-order valence-electron chi connectivity index (χ2n) is 11.6. The van der Waals surface area contributed by atoms with Gasteiger partial charge in [-0.1, -0.05) is 72.8 Å². The maximum atomic E-state index is 11.0. The van der Waals surface area contributed by atoms with Gasteiger partial charge in [0.25, 0.3) is 11.4 Å². The highest BCUT2D eigenvalue weighted by Crippen LogP contribution is 2.37. The number of amidine groups is 2. The molecule has 0 aliphatic rings. The van der Waals surface area contributed by atoms with Gasteiger partial charge in [-0.05, 0) is 59.7 Å². The summed E-state index contributed by atoms with van der Waals surface area (Å²) in [6.07, 6.45) is 0. The van der Waals surface area contributed by atoms with E-state index in [9.17, 15) is 20.2 Å². The van der Waals surface area contributed by atoms with Crippen LogP contribution >= 0.6 is 0 Å². The predicted octanol–water partition coefficient (Wildman–Crippen LogP) is 10.3. The molecule has 6 aromatic rings. The van der Waals surface area contributed by atoms with Crippen LogP contribution in [0.4, 0.5) is 34.1 Å². The molecule has 0 bridgehead atoms. The Morgan fingerprint density at radius 3 is 1.23 bits per heavy atom. The van der Waals surface area contributed by atoms with Crippen LogP contribution in [-0.4, -0.2) is 35.7 Å². The quantitative estimate of drug-likeness (QED) is 0.0381. The molecule has 0 heterocycles. The minimum Gasteiger partial charge on any atom is -0.494 e. The lowest BCUT2D eigenvalue weighted by Crippen LogP contribution is -2.01. The molecule has 0 aliphatic carbocycles. The smallest absolute Gasteiger partial charge is 0.269 e. The van der Waals surface area contributed by atoms with E-state index in [0.717, 1.165) is 11.1 Å². The number of nitrogens with zero attached hydrogens (tertiary/aromatic N) is 8. The van der Waals surface area contributed by atoms with Crippen molar-refractivity contribution in [3.63, 3.8) is 0 Å². The number of hydrogen-bond donors (Lipinski definition) is 2. The van der Waals surface area contributed by atoms with E-state index in [2.05, 4.69) is 41.5 Å². The van der Waals surface area contributed by atoms with Crippen molar-refractivity contribution in [2.24, 2.45) is 30.7 Å². The molecule has 2 N–H and O–H groups in total. The fourth-order valence-corrected chi connectivity index (χ4v) is 5.10. The molecule has 0 saturated carbocycles. The molecule has 278 valence electrons. The van der Waals surface area contributed by atoms with Crippen LogP contribution < -0.4 is 20.3 Å². The first-order chi connectivity index (χ1) is 27.3. The number of rotatable bonds is 13. The Hall–Kier alpha value is -8.14. The van der Waals surface area contributed by atoms with Crippen molar-refractivity contribution >= 4 is 45.8 Å². The van der Waals surface area contributed by atoms with Crippen molar-refractivity contribution < 1.29 is 19.3 Å². The van der Waals surface area contributed by atoms with Crippen molar-refractivity contribution in [1.29, 1.82) is 0 Å². The number of azo groups is 2. The molecule has 0 atom stereocenters. The zero-order chi connectivity index (χ0) is 39.3. The van der Waals surface area contributed by atoms with Crippen molar-refractivity contribution in [3.05, 3.63) is 177 Å². The molecule has 0 amide bonds. The Labute approximate surface area is 319 Å². The summed E-state index contributed by atoms with van der Waals surface area (Å²) in [6.45, 7) is 0. The summed E-state index contributed by atoms with van der Waals surface area (Å²) in [5, 5.41) is 48.6. The minimum atomic E-state index is -0.471. The molecule has 0 fully saturated rings. The lowest BCUT2D eigenvalue weighted by molar-refractivity contribution is -0.385. The van der Waals surface area contributed by atoms with Gasteiger partial charge in [0.2, 0.25) is 11.7 Å². The van der Waals surface area contributed by atoms with E-state index in [1.807, 2.05) is 84.9 Å². The summed E-state index contributed by atoms with van der Waals surface area (Å²) in [4.78, 5) is 21.1. The van der Waals surface area contributed by atoms with Crippen molar-refractivity contribution in [1.82, 2.24) is 0 Å².